The Bertz CT molecular complexity index is 579. The zero-order valence-corrected chi connectivity index (χ0v) is 13.1. The quantitative estimate of drug-likeness (QED) is 0.922. The first-order valence-electron chi connectivity index (χ1n) is 7.36. The third-order valence-electron chi connectivity index (χ3n) is 3.82. The number of hydrogen-bond acceptors (Lipinski definition) is 4. The lowest BCUT2D eigenvalue weighted by atomic mass is 10.1. The van der Waals surface area contributed by atoms with Crippen LogP contribution in [-0.2, 0) is 13.0 Å². The molecule has 1 aliphatic heterocycles. The lowest BCUT2D eigenvalue weighted by molar-refractivity contribution is 0.0640. The highest BCUT2D eigenvalue weighted by Gasteiger charge is 2.19. The molecule has 2 heterocycles. The molecule has 1 N–H and O–H groups in total. The molecule has 1 unspecified atom stereocenters. The van der Waals surface area contributed by atoms with E-state index >= 15 is 0 Å². The Morgan fingerprint density at radius 1 is 1.29 bits per heavy atom. The fourth-order valence-electron chi connectivity index (χ4n) is 2.64. The molecule has 0 saturated heterocycles. The summed E-state index contributed by atoms with van der Waals surface area (Å²) in [5.74, 6) is 0.818. The van der Waals surface area contributed by atoms with E-state index in [0.717, 1.165) is 25.3 Å². The second kappa shape index (κ2) is 6.60. The fraction of sp³-hybridized carbons (Fsp3) is 0.412. The molecule has 0 amide bonds. The number of rotatable bonds is 5. The van der Waals surface area contributed by atoms with Crippen molar-refractivity contribution in [1.82, 2.24) is 4.90 Å². The molecule has 0 fully saturated rings. The maximum Gasteiger partial charge on any atom is 0.119 e. The van der Waals surface area contributed by atoms with Crippen molar-refractivity contribution >= 4 is 11.3 Å². The van der Waals surface area contributed by atoms with Crippen LogP contribution in [0.3, 0.4) is 0 Å². The standard InChI is InChI=1S/C17H21NO2S/c1-13-2-4-16(5-3-13)20-12-15(19)11-18-8-6-17-14(10-18)7-9-21-17/h2-5,7,9,15,19H,6,8,10-12H2,1H3. The predicted molar refractivity (Wildman–Crippen MR) is 86.0 cm³/mol. The van der Waals surface area contributed by atoms with Crippen LogP contribution in [0.15, 0.2) is 35.7 Å². The summed E-state index contributed by atoms with van der Waals surface area (Å²) >= 11 is 1.84. The highest BCUT2D eigenvalue weighted by Crippen LogP contribution is 2.24. The Morgan fingerprint density at radius 3 is 2.90 bits per heavy atom. The van der Waals surface area contributed by atoms with Gasteiger partial charge < -0.3 is 9.84 Å². The second-order valence-electron chi connectivity index (χ2n) is 5.63. The molecule has 3 nitrogen and oxygen atoms in total. The maximum absolute atomic E-state index is 10.2. The summed E-state index contributed by atoms with van der Waals surface area (Å²) < 4.78 is 5.64. The number of aliphatic hydroxyl groups is 1. The lowest BCUT2D eigenvalue weighted by Gasteiger charge is -2.28. The number of nitrogens with zero attached hydrogens (tertiary/aromatic N) is 1. The van der Waals surface area contributed by atoms with Crippen molar-refractivity contribution in [3.63, 3.8) is 0 Å². The zero-order valence-electron chi connectivity index (χ0n) is 12.3. The molecular weight excluding hydrogens is 282 g/mol. The second-order valence-corrected chi connectivity index (χ2v) is 6.63. The molecule has 1 aromatic heterocycles. The molecule has 0 spiro atoms. The minimum Gasteiger partial charge on any atom is -0.491 e. The van der Waals surface area contributed by atoms with Crippen molar-refractivity contribution in [3.05, 3.63) is 51.7 Å². The van der Waals surface area contributed by atoms with Crippen LogP contribution in [0.1, 0.15) is 16.0 Å². The zero-order chi connectivity index (χ0) is 14.7. The molecule has 21 heavy (non-hydrogen) atoms. The SMILES string of the molecule is Cc1ccc(OCC(O)CN2CCc3sccc3C2)cc1. The minimum absolute atomic E-state index is 0.343. The molecule has 112 valence electrons. The molecule has 0 bridgehead atoms. The van der Waals surface area contributed by atoms with Crippen molar-refractivity contribution < 1.29 is 9.84 Å². The van der Waals surface area contributed by atoms with E-state index in [2.05, 4.69) is 16.3 Å². The summed E-state index contributed by atoms with van der Waals surface area (Å²) in [6.07, 6.45) is 0.643. The van der Waals surface area contributed by atoms with Crippen LogP contribution in [0.25, 0.3) is 0 Å². The van der Waals surface area contributed by atoms with Gasteiger partial charge in [0.2, 0.25) is 0 Å². The topological polar surface area (TPSA) is 32.7 Å². The molecule has 0 aliphatic carbocycles. The van der Waals surface area contributed by atoms with Crippen LogP contribution >= 0.6 is 11.3 Å². The van der Waals surface area contributed by atoms with Crippen LogP contribution in [0.4, 0.5) is 0 Å². The van der Waals surface area contributed by atoms with Gasteiger partial charge in [0.1, 0.15) is 18.5 Å². The largest absolute Gasteiger partial charge is 0.491 e. The van der Waals surface area contributed by atoms with E-state index in [4.69, 9.17) is 4.74 Å². The van der Waals surface area contributed by atoms with Crippen molar-refractivity contribution in [2.45, 2.75) is 26.0 Å². The van der Waals surface area contributed by atoms with Gasteiger partial charge in [0.25, 0.3) is 0 Å². The van der Waals surface area contributed by atoms with E-state index in [1.807, 2.05) is 42.5 Å². The van der Waals surface area contributed by atoms with Crippen LogP contribution in [0.2, 0.25) is 0 Å². The lowest BCUT2D eigenvalue weighted by Crippen LogP contribution is -2.38. The number of β-amino-alcohol motifs (C(OH)–C–C–N with tert-alkyl or cyclic N) is 1. The minimum atomic E-state index is -0.452. The molecule has 1 aliphatic rings. The Kier molecular flexibility index (Phi) is 4.58. The van der Waals surface area contributed by atoms with E-state index < -0.39 is 6.10 Å². The van der Waals surface area contributed by atoms with E-state index in [1.165, 1.54) is 16.0 Å². The molecule has 1 aromatic carbocycles. The Morgan fingerprint density at radius 2 is 2.10 bits per heavy atom. The third kappa shape index (κ3) is 3.84. The molecule has 4 heteroatoms. The van der Waals surface area contributed by atoms with Gasteiger partial charge in [0.15, 0.2) is 0 Å². The first-order valence-corrected chi connectivity index (χ1v) is 8.24. The third-order valence-corrected chi connectivity index (χ3v) is 4.84. The van der Waals surface area contributed by atoms with Gasteiger partial charge in [-0.3, -0.25) is 4.90 Å². The number of benzene rings is 1. The normalized spacial score (nSPS) is 16.5. The summed E-state index contributed by atoms with van der Waals surface area (Å²) in [7, 11) is 0. The van der Waals surface area contributed by atoms with Crippen molar-refractivity contribution in [3.8, 4) is 5.75 Å². The molecule has 0 saturated carbocycles. The van der Waals surface area contributed by atoms with Gasteiger partial charge in [-0.05, 0) is 42.5 Å². The number of ether oxygens (including phenoxy) is 1. The molecular formula is C17H21NO2S. The highest BCUT2D eigenvalue weighted by molar-refractivity contribution is 7.10. The van der Waals surface area contributed by atoms with Gasteiger partial charge in [-0.2, -0.15) is 0 Å². The molecule has 3 rings (SSSR count). The average molecular weight is 303 g/mol. The van der Waals surface area contributed by atoms with Gasteiger partial charge in [0.05, 0.1) is 0 Å². The van der Waals surface area contributed by atoms with E-state index in [1.54, 1.807) is 0 Å². The van der Waals surface area contributed by atoms with Gasteiger partial charge >= 0.3 is 0 Å². The van der Waals surface area contributed by atoms with Crippen molar-refractivity contribution in [2.24, 2.45) is 0 Å². The van der Waals surface area contributed by atoms with Gasteiger partial charge in [0, 0.05) is 24.5 Å². The molecule has 0 radical (unpaired) electrons. The number of fused-ring (bicyclic) bond motifs is 1. The van der Waals surface area contributed by atoms with E-state index in [9.17, 15) is 5.11 Å². The van der Waals surface area contributed by atoms with Crippen LogP contribution in [-0.4, -0.2) is 35.8 Å². The summed E-state index contributed by atoms with van der Waals surface area (Å²) in [5.41, 5.74) is 2.63. The average Bonchev–Trinajstić information content (AvgIpc) is 2.94. The van der Waals surface area contributed by atoms with Gasteiger partial charge in [-0.15, -0.1) is 11.3 Å². The van der Waals surface area contributed by atoms with E-state index in [0.29, 0.717) is 13.2 Å². The predicted octanol–water partition coefficient (Wildman–Crippen LogP) is 2.85. The molecule has 1 atom stereocenters. The first kappa shape index (κ1) is 14.6. The van der Waals surface area contributed by atoms with Crippen LogP contribution < -0.4 is 4.74 Å². The summed E-state index contributed by atoms with van der Waals surface area (Å²) in [6, 6.07) is 10.1. The van der Waals surface area contributed by atoms with Crippen molar-refractivity contribution in [2.75, 3.05) is 19.7 Å². The number of thiophene rings is 1. The van der Waals surface area contributed by atoms with Crippen LogP contribution in [0.5, 0.6) is 5.75 Å². The van der Waals surface area contributed by atoms with E-state index in [-0.39, 0.29) is 0 Å². The smallest absolute Gasteiger partial charge is 0.119 e. The Labute approximate surface area is 129 Å². The van der Waals surface area contributed by atoms with Gasteiger partial charge in [-0.1, -0.05) is 17.7 Å². The van der Waals surface area contributed by atoms with Crippen LogP contribution in [0, 0.1) is 6.92 Å². The molecule has 2 aromatic rings. The summed E-state index contributed by atoms with van der Waals surface area (Å²) in [4.78, 5) is 3.80. The number of aliphatic hydroxyl groups excluding tert-OH is 1. The summed E-state index contributed by atoms with van der Waals surface area (Å²) in [6.45, 7) is 5.03. The summed E-state index contributed by atoms with van der Waals surface area (Å²) in [5, 5.41) is 12.3. The van der Waals surface area contributed by atoms with Gasteiger partial charge in [-0.25, -0.2) is 0 Å². The fourth-order valence-corrected chi connectivity index (χ4v) is 3.53. The maximum atomic E-state index is 10.2. The van der Waals surface area contributed by atoms with Crippen molar-refractivity contribution in [1.29, 1.82) is 0 Å². The first-order chi connectivity index (χ1) is 10.2. The number of hydrogen-bond donors (Lipinski definition) is 1. The Balaban J connectivity index is 1.46. The number of aryl methyl sites for hydroxylation is 1. The Hall–Kier alpha value is -1.36. The highest BCUT2D eigenvalue weighted by atomic mass is 32.1. The monoisotopic (exact) mass is 303 g/mol.